The second-order valence-corrected chi connectivity index (χ2v) is 7.65. The first-order valence-corrected chi connectivity index (χ1v) is 10.2. The number of rotatable bonds is 6. The summed E-state index contributed by atoms with van der Waals surface area (Å²) in [5.74, 6) is 1.18. The lowest BCUT2D eigenvalue weighted by Gasteiger charge is -2.35. The quantitative estimate of drug-likeness (QED) is 0.774. The molecule has 1 atom stereocenters. The van der Waals surface area contributed by atoms with Gasteiger partial charge in [0, 0.05) is 76.4 Å². The SMILES string of the molecule is Cn1ccnc1C1CNCCN1CCC(=O)Nc1ccc(N2CCCC2=O)cc1. The molecule has 154 valence electrons. The Kier molecular flexibility index (Phi) is 5.92. The molecule has 0 bridgehead atoms. The Morgan fingerprint density at radius 1 is 1.28 bits per heavy atom. The fourth-order valence-electron chi connectivity index (χ4n) is 4.08. The summed E-state index contributed by atoms with van der Waals surface area (Å²) in [7, 11) is 2.00. The number of amides is 2. The van der Waals surface area contributed by atoms with E-state index in [1.807, 2.05) is 48.3 Å². The van der Waals surface area contributed by atoms with Gasteiger partial charge >= 0.3 is 0 Å². The summed E-state index contributed by atoms with van der Waals surface area (Å²) in [6, 6.07) is 7.69. The van der Waals surface area contributed by atoms with Gasteiger partial charge in [0.05, 0.1) is 6.04 Å². The number of benzene rings is 1. The van der Waals surface area contributed by atoms with E-state index in [4.69, 9.17) is 0 Å². The van der Waals surface area contributed by atoms with Gasteiger partial charge in [-0.15, -0.1) is 0 Å². The minimum Gasteiger partial charge on any atom is -0.337 e. The molecule has 2 aliphatic heterocycles. The van der Waals surface area contributed by atoms with Crippen LogP contribution in [0.5, 0.6) is 0 Å². The average molecular weight is 396 g/mol. The van der Waals surface area contributed by atoms with Gasteiger partial charge in [0.1, 0.15) is 5.82 Å². The van der Waals surface area contributed by atoms with Crippen molar-refractivity contribution < 1.29 is 9.59 Å². The number of hydrogen-bond acceptors (Lipinski definition) is 5. The second kappa shape index (κ2) is 8.75. The van der Waals surface area contributed by atoms with Gasteiger partial charge in [-0.1, -0.05) is 0 Å². The third-order valence-electron chi connectivity index (χ3n) is 5.67. The predicted octanol–water partition coefficient (Wildman–Crippen LogP) is 1.52. The van der Waals surface area contributed by atoms with Crippen LogP contribution >= 0.6 is 0 Å². The van der Waals surface area contributed by atoms with Gasteiger partial charge in [-0.25, -0.2) is 4.98 Å². The van der Waals surface area contributed by atoms with Gasteiger partial charge in [-0.05, 0) is 30.7 Å². The van der Waals surface area contributed by atoms with Gasteiger partial charge in [0.2, 0.25) is 11.8 Å². The van der Waals surface area contributed by atoms with E-state index in [2.05, 4.69) is 20.5 Å². The molecule has 8 nitrogen and oxygen atoms in total. The summed E-state index contributed by atoms with van der Waals surface area (Å²) in [5, 5.41) is 6.38. The van der Waals surface area contributed by atoms with Gasteiger partial charge in [0.15, 0.2) is 0 Å². The summed E-state index contributed by atoms with van der Waals surface area (Å²) in [4.78, 5) is 32.9. The smallest absolute Gasteiger partial charge is 0.227 e. The van der Waals surface area contributed by atoms with Gasteiger partial charge in [-0.3, -0.25) is 14.5 Å². The van der Waals surface area contributed by atoms with Crippen molar-refractivity contribution in [1.29, 1.82) is 0 Å². The zero-order valence-electron chi connectivity index (χ0n) is 16.8. The molecule has 0 spiro atoms. The number of imidazole rings is 1. The van der Waals surface area contributed by atoms with E-state index in [9.17, 15) is 9.59 Å². The highest BCUT2D eigenvalue weighted by Crippen LogP contribution is 2.23. The summed E-state index contributed by atoms with van der Waals surface area (Å²) in [5.41, 5.74) is 1.65. The first-order valence-electron chi connectivity index (χ1n) is 10.2. The Labute approximate surface area is 170 Å². The maximum absolute atomic E-state index is 12.5. The minimum atomic E-state index is -0.00729. The number of carbonyl (C=O) groups is 2. The van der Waals surface area contributed by atoms with Crippen LogP contribution in [0.2, 0.25) is 0 Å². The van der Waals surface area contributed by atoms with Gasteiger partial charge < -0.3 is 20.1 Å². The fourth-order valence-corrected chi connectivity index (χ4v) is 4.08. The van der Waals surface area contributed by atoms with Crippen LogP contribution in [-0.2, 0) is 16.6 Å². The number of anilines is 2. The molecular weight excluding hydrogens is 368 g/mol. The molecule has 2 saturated heterocycles. The van der Waals surface area contributed by atoms with E-state index < -0.39 is 0 Å². The van der Waals surface area contributed by atoms with Crippen molar-refractivity contribution in [1.82, 2.24) is 19.8 Å². The number of nitrogens with one attached hydrogen (secondary N) is 2. The van der Waals surface area contributed by atoms with Crippen molar-refractivity contribution in [2.24, 2.45) is 7.05 Å². The fraction of sp³-hybridized carbons (Fsp3) is 0.476. The van der Waals surface area contributed by atoms with Crippen LogP contribution in [-0.4, -0.2) is 59.0 Å². The Morgan fingerprint density at radius 3 is 2.79 bits per heavy atom. The first-order chi connectivity index (χ1) is 14.1. The Morgan fingerprint density at radius 2 is 2.10 bits per heavy atom. The van der Waals surface area contributed by atoms with Crippen LogP contribution in [0.25, 0.3) is 0 Å². The Bertz CT molecular complexity index is 862. The van der Waals surface area contributed by atoms with E-state index in [0.717, 1.165) is 49.8 Å². The highest BCUT2D eigenvalue weighted by molar-refractivity contribution is 5.96. The molecule has 3 heterocycles. The first kappa shape index (κ1) is 19.6. The predicted molar refractivity (Wildman–Crippen MR) is 112 cm³/mol. The maximum Gasteiger partial charge on any atom is 0.227 e. The Hall–Kier alpha value is -2.71. The lowest BCUT2D eigenvalue weighted by Crippen LogP contribution is -2.47. The van der Waals surface area contributed by atoms with Crippen LogP contribution in [0, 0.1) is 0 Å². The number of aromatic nitrogens is 2. The van der Waals surface area contributed by atoms with Crippen molar-refractivity contribution in [3.63, 3.8) is 0 Å². The molecule has 2 fully saturated rings. The largest absolute Gasteiger partial charge is 0.337 e. The summed E-state index contributed by atoms with van der Waals surface area (Å²) >= 11 is 0. The van der Waals surface area contributed by atoms with Crippen LogP contribution < -0.4 is 15.5 Å². The average Bonchev–Trinajstić information content (AvgIpc) is 3.35. The van der Waals surface area contributed by atoms with Gasteiger partial charge in [0.25, 0.3) is 0 Å². The van der Waals surface area contributed by atoms with Crippen molar-refractivity contribution in [3.8, 4) is 0 Å². The number of carbonyl (C=O) groups excluding carboxylic acids is 2. The maximum atomic E-state index is 12.5. The summed E-state index contributed by atoms with van der Waals surface area (Å²) in [6.45, 7) is 4.10. The van der Waals surface area contributed by atoms with Crippen LogP contribution in [0.4, 0.5) is 11.4 Å². The lowest BCUT2D eigenvalue weighted by molar-refractivity contribution is -0.117. The molecule has 2 N–H and O–H groups in total. The molecule has 0 saturated carbocycles. The standard InChI is InChI=1S/C21H28N6O2/c1-25-13-10-23-21(25)18-15-22-9-14-26(18)12-8-19(28)24-16-4-6-17(7-5-16)27-11-2-3-20(27)29/h4-7,10,13,18,22H,2-3,8-9,11-12,14-15H2,1H3,(H,24,28). The number of hydrogen-bond donors (Lipinski definition) is 2. The second-order valence-electron chi connectivity index (χ2n) is 7.65. The zero-order valence-corrected chi connectivity index (χ0v) is 16.8. The third kappa shape index (κ3) is 4.49. The Balaban J connectivity index is 1.31. The summed E-state index contributed by atoms with van der Waals surface area (Å²) < 4.78 is 2.04. The zero-order chi connectivity index (χ0) is 20.2. The van der Waals surface area contributed by atoms with Crippen molar-refractivity contribution >= 4 is 23.2 Å². The summed E-state index contributed by atoms with van der Waals surface area (Å²) in [6.07, 6.45) is 5.71. The molecule has 4 rings (SSSR count). The molecule has 2 amide bonds. The van der Waals surface area contributed by atoms with Crippen molar-refractivity contribution in [3.05, 3.63) is 42.5 Å². The number of piperazine rings is 1. The van der Waals surface area contributed by atoms with E-state index >= 15 is 0 Å². The minimum absolute atomic E-state index is 0.00729. The monoisotopic (exact) mass is 396 g/mol. The molecule has 2 aromatic rings. The van der Waals surface area contributed by atoms with Crippen molar-refractivity contribution in [2.45, 2.75) is 25.3 Å². The molecule has 8 heteroatoms. The third-order valence-corrected chi connectivity index (χ3v) is 5.67. The topological polar surface area (TPSA) is 82.5 Å². The number of nitrogens with zero attached hydrogens (tertiary/aromatic N) is 4. The molecular formula is C21H28N6O2. The van der Waals surface area contributed by atoms with Crippen LogP contribution in [0.3, 0.4) is 0 Å². The van der Waals surface area contributed by atoms with E-state index in [0.29, 0.717) is 19.4 Å². The number of aryl methyl sites for hydroxylation is 1. The van der Waals surface area contributed by atoms with Gasteiger partial charge in [-0.2, -0.15) is 0 Å². The molecule has 1 aromatic carbocycles. The molecule has 2 aliphatic rings. The molecule has 29 heavy (non-hydrogen) atoms. The van der Waals surface area contributed by atoms with Crippen LogP contribution in [0.15, 0.2) is 36.7 Å². The lowest BCUT2D eigenvalue weighted by atomic mass is 10.1. The normalized spacial score (nSPS) is 20.2. The van der Waals surface area contributed by atoms with E-state index in [1.165, 1.54) is 0 Å². The van der Waals surface area contributed by atoms with Crippen LogP contribution in [0.1, 0.15) is 31.1 Å². The molecule has 0 radical (unpaired) electrons. The van der Waals surface area contributed by atoms with E-state index in [1.54, 1.807) is 4.90 Å². The molecule has 1 unspecified atom stereocenters. The molecule has 1 aromatic heterocycles. The highest BCUT2D eigenvalue weighted by Gasteiger charge is 2.27. The highest BCUT2D eigenvalue weighted by atomic mass is 16.2. The molecule has 0 aliphatic carbocycles. The van der Waals surface area contributed by atoms with E-state index in [-0.39, 0.29) is 17.9 Å². The van der Waals surface area contributed by atoms with Crippen molar-refractivity contribution in [2.75, 3.05) is 42.9 Å².